The van der Waals surface area contributed by atoms with E-state index in [2.05, 4.69) is 40.9 Å². The van der Waals surface area contributed by atoms with Gasteiger partial charge in [-0.25, -0.2) is 19.4 Å². The summed E-state index contributed by atoms with van der Waals surface area (Å²) in [6, 6.07) is 17.9. The predicted molar refractivity (Wildman–Crippen MR) is 275 cm³/mol. The molecular weight excluding hydrogens is 893 g/mol. The van der Waals surface area contributed by atoms with E-state index in [1.165, 1.54) is 18.4 Å². The molecule has 0 aliphatic heterocycles. The summed E-state index contributed by atoms with van der Waals surface area (Å²) in [7, 11) is 0. The Labute approximate surface area is 415 Å². The smallest absolute Gasteiger partial charge is 0.336 e. The second-order valence-electron chi connectivity index (χ2n) is 16.2. The van der Waals surface area contributed by atoms with E-state index in [4.69, 9.17) is 52.4 Å². The highest BCUT2D eigenvalue weighted by atomic mass is 17.2. The lowest BCUT2D eigenvalue weighted by molar-refractivity contribution is -0.286. The number of fused-ring (bicyclic) bond motifs is 1. The molecule has 0 spiro atoms. The molecule has 0 saturated heterocycles. The van der Waals surface area contributed by atoms with Gasteiger partial charge in [-0.15, -0.1) is 6.58 Å². The fraction of sp³-hybridized carbons (Fsp3) is 0.439. The molecule has 0 fully saturated rings. The summed E-state index contributed by atoms with van der Waals surface area (Å²) in [4.78, 5) is 36.6. The third kappa shape index (κ3) is 20.3. The number of rotatable bonds is 38. The van der Waals surface area contributed by atoms with Crippen LogP contribution in [0.25, 0.3) is 22.9 Å². The van der Waals surface area contributed by atoms with Crippen LogP contribution in [0.15, 0.2) is 98.3 Å². The molecule has 70 heavy (non-hydrogen) atoms. The number of ether oxygens (including phenoxy) is 9. The Balaban J connectivity index is 1.45. The average Bonchev–Trinajstić information content (AvgIpc) is 3.36. The molecule has 4 aromatic rings. The third-order valence-corrected chi connectivity index (χ3v) is 10.4. The van der Waals surface area contributed by atoms with Gasteiger partial charge >= 0.3 is 11.9 Å². The molecule has 0 saturated carbocycles. The molecular formula is C57H74O13. The summed E-state index contributed by atoms with van der Waals surface area (Å²) in [5.74, 6) is 2.73. The van der Waals surface area contributed by atoms with Crippen molar-refractivity contribution in [3.63, 3.8) is 0 Å². The molecule has 0 bridgehead atoms. The number of benzene rings is 4. The van der Waals surface area contributed by atoms with E-state index < -0.39 is 11.9 Å². The van der Waals surface area contributed by atoms with Gasteiger partial charge in [-0.1, -0.05) is 78.2 Å². The number of hydrogen-bond donors (Lipinski definition) is 0. The molecule has 0 aromatic heterocycles. The number of unbranched alkanes of at least 4 members (excludes halogenated alkanes) is 6. The van der Waals surface area contributed by atoms with Gasteiger partial charge in [-0.3, -0.25) is 0 Å². The van der Waals surface area contributed by atoms with Gasteiger partial charge in [0, 0.05) is 23.3 Å². The van der Waals surface area contributed by atoms with Crippen LogP contribution in [-0.4, -0.2) is 71.4 Å². The second kappa shape index (κ2) is 34.0. The number of carbonyl (C=O) groups is 2. The van der Waals surface area contributed by atoms with E-state index in [-0.39, 0.29) is 0 Å². The molecule has 0 aliphatic carbocycles. The number of esters is 2. The number of hydrogen-bond acceptors (Lipinski definition) is 13. The molecule has 0 heterocycles. The maximum absolute atomic E-state index is 13.2. The van der Waals surface area contributed by atoms with Crippen LogP contribution in [0.2, 0.25) is 0 Å². The SMILES string of the molecule is C=CCOOCCCCOc1ccc(/C=C/C(=O)Oc2ccc3cc(OC(=O)/C=C/c4ccc(OCCCCOC=C)c(OCCCC)c4OCCCC)ccc3c2)c(OCCCC)c1OCCCC. The Hall–Kier alpha value is -6.44. The van der Waals surface area contributed by atoms with Gasteiger partial charge in [-0.05, 0) is 123 Å². The van der Waals surface area contributed by atoms with Gasteiger partial charge in [0.05, 0.1) is 59.1 Å². The Morgan fingerprint density at radius 1 is 0.457 bits per heavy atom. The zero-order chi connectivity index (χ0) is 50.0. The lowest BCUT2D eigenvalue weighted by Crippen LogP contribution is -2.08. The Bertz CT molecular complexity index is 2250. The molecule has 0 atom stereocenters. The highest BCUT2D eigenvalue weighted by molar-refractivity contribution is 5.93. The van der Waals surface area contributed by atoms with Crippen LogP contribution >= 0.6 is 0 Å². The van der Waals surface area contributed by atoms with Gasteiger partial charge in [0.2, 0.25) is 11.5 Å². The predicted octanol–water partition coefficient (Wildman–Crippen LogP) is 13.4. The molecule has 0 radical (unpaired) electrons. The van der Waals surface area contributed by atoms with E-state index in [1.807, 2.05) is 24.3 Å². The molecule has 4 aromatic carbocycles. The van der Waals surface area contributed by atoms with Gasteiger partial charge in [0.15, 0.2) is 23.0 Å². The minimum absolute atomic E-state index is 0.333. The maximum atomic E-state index is 13.2. The Morgan fingerprint density at radius 3 is 1.30 bits per heavy atom. The highest BCUT2D eigenvalue weighted by Gasteiger charge is 2.20. The molecule has 13 heteroatoms. The van der Waals surface area contributed by atoms with Crippen LogP contribution in [0.1, 0.15) is 116 Å². The van der Waals surface area contributed by atoms with Gasteiger partial charge in [0.1, 0.15) is 18.1 Å². The highest BCUT2D eigenvalue weighted by Crippen LogP contribution is 2.43. The van der Waals surface area contributed by atoms with Crippen molar-refractivity contribution in [1.82, 2.24) is 0 Å². The van der Waals surface area contributed by atoms with Crippen LogP contribution in [0.5, 0.6) is 46.0 Å². The molecule has 380 valence electrons. The topological polar surface area (TPSA) is 136 Å². The van der Waals surface area contributed by atoms with E-state index in [9.17, 15) is 9.59 Å². The molecule has 0 N–H and O–H groups in total. The van der Waals surface area contributed by atoms with Crippen molar-refractivity contribution in [2.75, 3.05) is 59.5 Å². The lowest BCUT2D eigenvalue weighted by atomic mass is 10.1. The van der Waals surface area contributed by atoms with Crippen molar-refractivity contribution in [3.8, 4) is 46.0 Å². The fourth-order valence-electron chi connectivity index (χ4n) is 6.55. The first-order valence-electron chi connectivity index (χ1n) is 24.9. The molecule has 0 amide bonds. The van der Waals surface area contributed by atoms with Crippen molar-refractivity contribution in [3.05, 3.63) is 109 Å². The van der Waals surface area contributed by atoms with Crippen molar-refractivity contribution >= 4 is 34.9 Å². The van der Waals surface area contributed by atoms with E-state index in [0.717, 1.165) is 87.8 Å². The Morgan fingerprint density at radius 2 is 0.871 bits per heavy atom. The summed E-state index contributed by atoms with van der Waals surface area (Å²) >= 11 is 0. The van der Waals surface area contributed by atoms with Gasteiger partial charge in [0.25, 0.3) is 0 Å². The summed E-state index contributed by atoms with van der Waals surface area (Å²) < 4.78 is 54.1. The van der Waals surface area contributed by atoms with E-state index >= 15 is 0 Å². The summed E-state index contributed by atoms with van der Waals surface area (Å²) in [6.45, 7) is 19.8. The van der Waals surface area contributed by atoms with Crippen LogP contribution in [0.3, 0.4) is 0 Å². The lowest BCUT2D eigenvalue weighted by Gasteiger charge is -2.19. The zero-order valence-corrected chi connectivity index (χ0v) is 41.8. The third-order valence-electron chi connectivity index (χ3n) is 10.4. The monoisotopic (exact) mass is 967 g/mol. The summed E-state index contributed by atoms with van der Waals surface area (Å²) in [6.07, 6.45) is 19.4. The first-order valence-corrected chi connectivity index (χ1v) is 24.9. The van der Waals surface area contributed by atoms with Crippen molar-refractivity contribution in [1.29, 1.82) is 0 Å². The van der Waals surface area contributed by atoms with Crippen LogP contribution in [-0.2, 0) is 24.1 Å². The first kappa shape index (κ1) is 56.2. The number of carbonyl (C=O) groups excluding carboxylic acids is 2. The van der Waals surface area contributed by atoms with E-state index in [1.54, 1.807) is 54.6 Å². The van der Waals surface area contributed by atoms with Crippen LogP contribution in [0, 0.1) is 0 Å². The standard InChI is InChI=1S/C57H74O13/c1-7-13-35-63-54-44(23-29-50(56(54)65-37-15-9-3)61-39-18-17-34-60-12-6)25-31-52(58)69-48-27-21-47-43-49(28-22-46(47)42-48)70-53(59)32-26-45-24-30-51(62-40-19-20-41-68-67-33-11-5)57(66-38-16-10-4)55(45)64-36-14-8-2/h11-12,21-32,42-43H,5-10,13-20,33-41H2,1-4H3/b31-25+,32-26+. The van der Waals surface area contributed by atoms with Gasteiger partial charge < -0.3 is 42.6 Å². The minimum atomic E-state index is -0.574. The van der Waals surface area contributed by atoms with Crippen molar-refractivity contribution < 1.29 is 62.0 Å². The maximum Gasteiger partial charge on any atom is 0.336 e. The average molecular weight is 967 g/mol. The quantitative estimate of drug-likeness (QED) is 0.00617. The Kier molecular flexibility index (Phi) is 27.2. The minimum Gasteiger partial charge on any atom is -0.502 e. The molecule has 13 nitrogen and oxygen atoms in total. The summed E-state index contributed by atoms with van der Waals surface area (Å²) in [5, 5.41) is 1.57. The van der Waals surface area contributed by atoms with Crippen molar-refractivity contribution in [2.24, 2.45) is 0 Å². The molecule has 0 unspecified atom stereocenters. The second-order valence-corrected chi connectivity index (χ2v) is 16.2. The van der Waals surface area contributed by atoms with E-state index in [0.29, 0.717) is 117 Å². The van der Waals surface area contributed by atoms with Gasteiger partial charge in [-0.2, -0.15) is 0 Å². The largest absolute Gasteiger partial charge is 0.502 e. The van der Waals surface area contributed by atoms with Crippen molar-refractivity contribution in [2.45, 2.75) is 105 Å². The van der Waals surface area contributed by atoms with Crippen LogP contribution in [0.4, 0.5) is 0 Å². The molecule has 0 aliphatic rings. The van der Waals surface area contributed by atoms with Crippen LogP contribution < -0.4 is 37.9 Å². The normalized spacial score (nSPS) is 11.1. The first-order chi connectivity index (χ1) is 34.3. The fourth-order valence-corrected chi connectivity index (χ4v) is 6.55. The molecule has 4 rings (SSSR count). The summed E-state index contributed by atoms with van der Waals surface area (Å²) in [5.41, 5.74) is 1.31. The zero-order valence-electron chi connectivity index (χ0n) is 41.8.